The molecule has 1 aromatic carbocycles. The molecule has 0 spiro atoms. The third-order valence-electron chi connectivity index (χ3n) is 1.84. The number of halogens is 2. The van der Waals surface area contributed by atoms with E-state index in [1.807, 2.05) is 0 Å². The maximum absolute atomic E-state index is 11.5. The predicted molar refractivity (Wildman–Crippen MR) is 74.3 cm³/mol. The van der Waals surface area contributed by atoms with E-state index in [-0.39, 0.29) is 15.6 Å². The number of benzene rings is 1. The number of carbonyl (C=O) groups is 1. The molecule has 19 heavy (non-hydrogen) atoms. The van der Waals surface area contributed by atoms with Gasteiger partial charge in [-0.05, 0) is 39.0 Å². The highest BCUT2D eigenvalue weighted by atomic mass is 35.7. The second kappa shape index (κ2) is 5.56. The van der Waals surface area contributed by atoms with Crippen LogP contribution in [0.4, 0.5) is 10.5 Å². The first-order valence-electron chi connectivity index (χ1n) is 5.23. The largest absolute Gasteiger partial charge is 0.444 e. The molecule has 1 aromatic rings. The second-order valence-electron chi connectivity index (χ2n) is 4.71. The fourth-order valence-corrected chi connectivity index (χ4v) is 2.68. The molecule has 0 atom stereocenters. The minimum absolute atomic E-state index is 0.0234. The van der Waals surface area contributed by atoms with Crippen molar-refractivity contribution in [2.24, 2.45) is 0 Å². The summed E-state index contributed by atoms with van der Waals surface area (Å²) < 4.78 is 27.5. The van der Waals surface area contributed by atoms with Gasteiger partial charge in [-0.3, -0.25) is 5.32 Å². The number of hydrogen-bond acceptors (Lipinski definition) is 4. The van der Waals surface area contributed by atoms with Crippen LogP contribution < -0.4 is 5.32 Å². The Kier molecular flexibility index (Phi) is 4.71. The van der Waals surface area contributed by atoms with Crippen LogP contribution in [0.5, 0.6) is 0 Å². The average Bonchev–Trinajstić information content (AvgIpc) is 2.16. The molecule has 1 amide bonds. The Morgan fingerprint density at radius 1 is 1.32 bits per heavy atom. The summed E-state index contributed by atoms with van der Waals surface area (Å²) in [5.41, 5.74) is -0.435. The highest BCUT2D eigenvalue weighted by Crippen LogP contribution is 2.27. The zero-order chi connectivity index (χ0) is 14.8. The monoisotopic (exact) mass is 325 g/mol. The number of hydrogen-bond donors (Lipinski definition) is 1. The number of nitrogens with one attached hydrogen (secondary N) is 1. The van der Waals surface area contributed by atoms with Crippen molar-refractivity contribution in [2.45, 2.75) is 31.3 Å². The molecule has 0 fully saturated rings. The Morgan fingerprint density at radius 3 is 2.37 bits per heavy atom. The van der Waals surface area contributed by atoms with E-state index < -0.39 is 20.7 Å². The maximum Gasteiger partial charge on any atom is 0.412 e. The van der Waals surface area contributed by atoms with E-state index in [2.05, 4.69) is 5.32 Å². The molecule has 0 aliphatic rings. The van der Waals surface area contributed by atoms with Crippen LogP contribution in [0.15, 0.2) is 23.1 Å². The second-order valence-corrected chi connectivity index (χ2v) is 7.65. The first kappa shape index (κ1) is 16.1. The van der Waals surface area contributed by atoms with E-state index >= 15 is 0 Å². The molecule has 0 radical (unpaired) electrons. The summed E-state index contributed by atoms with van der Waals surface area (Å²) in [6, 6.07) is 3.93. The lowest BCUT2D eigenvalue weighted by atomic mass is 10.2. The van der Waals surface area contributed by atoms with E-state index in [1.165, 1.54) is 12.1 Å². The molecule has 0 aromatic heterocycles. The number of ether oxygens (including phenoxy) is 1. The summed E-state index contributed by atoms with van der Waals surface area (Å²) in [6.07, 6.45) is -0.701. The molecule has 1 rings (SSSR count). The molecule has 5 nitrogen and oxygen atoms in total. The van der Waals surface area contributed by atoms with Crippen molar-refractivity contribution in [1.29, 1.82) is 0 Å². The molecule has 0 aliphatic heterocycles. The van der Waals surface area contributed by atoms with Gasteiger partial charge in [0.2, 0.25) is 0 Å². The molecule has 1 N–H and O–H groups in total. The quantitative estimate of drug-likeness (QED) is 0.843. The van der Waals surface area contributed by atoms with E-state index in [0.29, 0.717) is 0 Å². The molecule has 0 saturated carbocycles. The van der Waals surface area contributed by atoms with Gasteiger partial charge in [0.15, 0.2) is 0 Å². The summed E-state index contributed by atoms with van der Waals surface area (Å²) in [5.74, 6) is 0. The number of rotatable bonds is 2. The smallest absolute Gasteiger partial charge is 0.412 e. The Hall–Kier alpha value is -0.980. The van der Waals surface area contributed by atoms with Crippen molar-refractivity contribution in [3.05, 3.63) is 23.2 Å². The zero-order valence-corrected chi connectivity index (χ0v) is 12.9. The lowest BCUT2D eigenvalue weighted by Gasteiger charge is -2.19. The lowest BCUT2D eigenvalue weighted by molar-refractivity contribution is 0.0636. The third-order valence-corrected chi connectivity index (χ3v) is 3.64. The zero-order valence-electron chi connectivity index (χ0n) is 10.5. The van der Waals surface area contributed by atoms with Crippen LogP contribution >= 0.6 is 22.3 Å². The van der Waals surface area contributed by atoms with Crippen molar-refractivity contribution in [1.82, 2.24) is 0 Å². The molecule has 0 unspecified atom stereocenters. The van der Waals surface area contributed by atoms with Gasteiger partial charge in [-0.25, -0.2) is 13.2 Å². The van der Waals surface area contributed by atoms with Gasteiger partial charge in [-0.2, -0.15) is 0 Å². The fourth-order valence-electron chi connectivity index (χ4n) is 1.19. The molecule has 0 heterocycles. The Bertz CT molecular complexity index is 593. The van der Waals surface area contributed by atoms with E-state index in [1.54, 1.807) is 20.8 Å². The molecule has 0 bridgehead atoms. The van der Waals surface area contributed by atoms with Crippen LogP contribution in [0.3, 0.4) is 0 Å². The van der Waals surface area contributed by atoms with Gasteiger partial charge < -0.3 is 4.74 Å². The number of carbonyl (C=O) groups excluding carboxylic acids is 1. The average molecular weight is 326 g/mol. The van der Waals surface area contributed by atoms with E-state index in [4.69, 9.17) is 27.0 Å². The van der Waals surface area contributed by atoms with Crippen LogP contribution in [0.2, 0.25) is 5.02 Å². The van der Waals surface area contributed by atoms with Crippen molar-refractivity contribution in [2.75, 3.05) is 5.32 Å². The topological polar surface area (TPSA) is 72.5 Å². The van der Waals surface area contributed by atoms with Crippen LogP contribution in [-0.2, 0) is 13.8 Å². The highest BCUT2D eigenvalue weighted by molar-refractivity contribution is 8.13. The first-order chi connectivity index (χ1) is 8.49. The molecule has 0 saturated heterocycles. The van der Waals surface area contributed by atoms with Crippen LogP contribution in [0.1, 0.15) is 20.8 Å². The minimum atomic E-state index is -3.98. The summed E-state index contributed by atoms with van der Waals surface area (Å²) >= 11 is 5.72. The van der Waals surface area contributed by atoms with E-state index in [0.717, 1.165) is 6.07 Å². The van der Waals surface area contributed by atoms with Gasteiger partial charge >= 0.3 is 6.09 Å². The van der Waals surface area contributed by atoms with Gasteiger partial charge in [0, 0.05) is 16.4 Å². The summed E-state index contributed by atoms with van der Waals surface area (Å²) in [7, 11) is 1.24. The number of amides is 1. The van der Waals surface area contributed by atoms with Crippen molar-refractivity contribution in [3.8, 4) is 0 Å². The lowest BCUT2D eigenvalue weighted by Crippen LogP contribution is -2.27. The minimum Gasteiger partial charge on any atom is -0.444 e. The number of anilines is 1. The standard InChI is InChI=1S/C11H13Cl2NO4S/c1-11(2,3)18-10(15)14-7-4-5-8(12)9(6-7)19(13,16)17/h4-6H,1-3H3,(H,14,15). The van der Waals surface area contributed by atoms with Gasteiger partial charge in [0.1, 0.15) is 10.5 Å². The van der Waals surface area contributed by atoms with Crippen molar-refractivity contribution in [3.63, 3.8) is 0 Å². The van der Waals surface area contributed by atoms with Gasteiger partial charge in [-0.1, -0.05) is 11.6 Å². The SMILES string of the molecule is CC(C)(C)OC(=O)Nc1ccc(Cl)c(S(=O)(=O)Cl)c1. The molecular weight excluding hydrogens is 313 g/mol. The predicted octanol–water partition coefficient (Wildman–Crippen LogP) is 3.61. The summed E-state index contributed by atoms with van der Waals surface area (Å²) in [4.78, 5) is 11.3. The summed E-state index contributed by atoms with van der Waals surface area (Å²) in [6.45, 7) is 5.13. The Labute approximate surface area is 121 Å². The molecule has 106 valence electrons. The molecular formula is C11H13Cl2NO4S. The highest BCUT2D eigenvalue weighted by Gasteiger charge is 2.19. The van der Waals surface area contributed by atoms with Gasteiger partial charge in [0.05, 0.1) is 5.02 Å². The molecule has 8 heteroatoms. The van der Waals surface area contributed by atoms with Crippen LogP contribution in [0.25, 0.3) is 0 Å². The Morgan fingerprint density at radius 2 is 1.89 bits per heavy atom. The summed E-state index contributed by atoms with van der Waals surface area (Å²) in [5, 5.41) is 2.37. The Balaban J connectivity index is 2.96. The third kappa shape index (κ3) is 5.26. The maximum atomic E-state index is 11.5. The molecule has 0 aliphatic carbocycles. The van der Waals surface area contributed by atoms with Gasteiger partial charge in [-0.15, -0.1) is 0 Å². The first-order valence-corrected chi connectivity index (χ1v) is 7.92. The van der Waals surface area contributed by atoms with Crippen molar-refractivity contribution < 1.29 is 17.9 Å². The van der Waals surface area contributed by atoms with Crippen LogP contribution in [-0.4, -0.2) is 20.1 Å². The normalized spacial score (nSPS) is 12.1. The fraction of sp³-hybridized carbons (Fsp3) is 0.364. The van der Waals surface area contributed by atoms with Crippen LogP contribution in [0, 0.1) is 0 Å². The van der Waals surface area contributed by atoms with E-state index in [9.17, 15) is 13.2 Å². The van der Waals surface area contributed by atoms with Crippen molar-refractivity contribution >= 4 is 43.1 Å². The van der Waals surface area contributed by atoms with Gasteiger partial charge in [0.25, 0.3) is 9.05 Å².